The molecule has 0 saturated heterocycles. The van der Waals surface area contributed by atoms with Gasteiger partial charge in [0.2, 0.25) is 5.91 Å². The number of hydrogen-bond donors (Lipinski definition) is 3. The fourth-order valence-electron chi connectivity index (χ4n) is 10.00. The van der Waals surface area contributed by atoms with Gasteiger partial charge in [-0.25, -0.2) is 0 Å². The molecule has 0 bridgehead atoms. The molecular weight excluding hydrogens is 911 g/mol. The highest BCUT2D eigenvalue weighted by molar-refractivity contribution is 5.76. The summed E-state index contributed by atoms with van der Waals surface area (Å²) in [6, 6.07) is -0.628. The first kappa shape index (κ1) is 71.8. The number of aliphatic hydroxyl groups excluding tert-OH is 2. The third-order valence-electron chi connectivity index (χ3n) is 15.1. The predicted molar refractivity (Wildman–Crippen MR) is 324 cm³/mol. The van der Waals surface area contributed by atoms with E-state index in [1.165, 1.54) is 270 Å². The topological polar surface area (TPSA) is 95.9 Å². The molecule has 0 aromatic heterocycles. The molecule has 0 aromatic rings. The molecule has 0 aliphatic carbocycles. The lowest BCUT2D eigenvalue weighted by Crippen LogP contribution is -2.45. The van der Waals surface area contributed by atoms with Crippen LogP contribution in [0.15, 0.2) is 48.6 Å². The van der Waals surface area contributed by atoms with E-state index in [9.17, 15) is 19.8 Å². The Bertz CT molecular complexity index is 1240. The highest BCUT2D eigenvalue weighted by Crippen LogP contribution is 2.17. The predicted octanol–water partition coefficient (Wildman–Crippen LogP) is 20.9. The van der Waals surface area contributed by atoms with Crippen LogP contribution in [0.25, 0.3) is 0 Å². The van der Waals surface area contributed by atoms with Gasteiger partial charge < -0.3 is 20.3 Å². The van der Waals surface area contributed by atoms with Gasteiger partial charge in [0.25, 0.3) is 0 Å². The quantitative estimate of drug-likeness (QED) is 0.0320. The molecule has 0 saturated carbocycles. The summed E-state index contributed by atoms with van der Waals surface area (Å²) in [5.41, 5.74) is 0. The smallest absolute Gasteiger partial charge is 0.305 e. The number of unbranched alkanes of at least 4 members (excludes halogenated alkanes) is 44. The minimum atomic E-state index is -0.845. The largest absolute Gasteiger partial charge is 0.466 e. The van der Waals surface area contributed by atoms with Crippen LogP contribution in [0.1, 0.15) is 348 Å². The summed E-state index contributed by atoms with van der Waals surface area (Å²) >= 11 is 0. The summed E-state index contributed by atoms with van der Waals surface area (Å²) in [6.07, 6.45) is 81.7. The van der Waals surface area contributed by atoms with Gasteiger partial charge in [-0.05, 0) is 83.5 Å². The molecular formula is C68H127NO5. The zero-order valence-electron chi connectivity index (χ0n) is 49.6. The highest BCUT2D eigenvalue weighted by atomic mass is 16.5. The van der Waals surface area contributed by atoms with Crippen LogP contribution in [0.3, 0.4) is 0 Å². The third kappa shape index (κ3) is 59.1. The van der Waals surface area contributed by atoms with E-state index in [2.05, 4.69) is 55.6 Å². The Morgan fingerprint density at radius 2 is 0.689 bits per heavy atom. The van der Waals surface area contributed by atoms with E-state index < -0.39 is 12.1 Å². The lowest BCUT2D eigenvalue weighted by molar-refractivity contribution is -0.143. The molecule has 0 radical (unpaired) electrons. The van der Waals surface area contributed by atoms with Crippen LogP contribution in [-0.4, -0.2) is 47.4 Å². The standard InChI is InChI=1S/C68H127NO5/c1-3-5-7-9-11-13-15-17-33-36-40-44-48-52-56-60-66(71)65(64-70)69-67(72)61-57-53-49-45-41-37-34-31-29-27-25-23-21-19-20-22-24-26-28-30-32-35-39-43-47-51-55-59-63-74-68(73)62-58-54-50-46-42-38-18-16-14-12-10-8-6-4-2/h10,12,16,18-20,56,60,65-66,70-71H,3-9,11,13-15,17,21-55,57-59,61-64H2,1-2H3,(H,69,72)/b12-10-,18-16-,20-19-,60-56+. The molecule has 434 valence electrons. The number of carbonyl (C=O) groups excluding carboxylic acids is 2. The van der Waals surface area contributed by atoms with E-state index in [-0.39, 0.29) is 18.5 Å². The Kier molecular flexibility index (Phi) is 61.5. The molecule has 0 fully saturated rings. The lowest BCUT2D eigenvalue weighted by atomic mass is 10.0. The van der Waals surface area contributed by atoms with E-state index in [0.717, 1.165) is 51.4 Å². The van der Waals surface area contributed by atoms with Crippen molar-refractivity contribution < 1.29 is 24.5 Å². The molecule has 0 heterocycles. The van der Waals surface area contributed by atoms with Crippen molar-refractivity contribution in [1.82, 2.24) is 5.32 Å². The second kappa shape index (κ2) is 63.4. The molecule has 0 spiro atoms. The Labute approximate surface area is 461 Å². The van der Waals surface area contributed by atoms with E-state index in [4.69, 9.17) is 4.74 Å². The van der Waals surface area contributed by atoms with Crippen molar-refractivity contribution in [1.29, 1.82) is 0 Å². The number of hydrogen-bond acceptors (Lipinski definition) is 5. The number of carbonyl (C=O) groups is 2. The van der Waals surface area contributed by atoms with Gasteiger partial charge in [-0.2, -0.15) is 0 Å². The zero-order chi connectivity index (χ0) is 53.6. The Morgan fingerprint density at radius 3 is 1.08 bits per heavy atom. The first-order valence-corrected chi connectivity index (χ1v) is 32.9. The highest BCUT2D eigenvalue weighted by Gasteiger charge is 2.18. The van der Waals surface area contributed by atoms with Gasteiger partial charge in [0, 0.05) is 12.8 Å². The van der Waals surface area contributed by atoms with E-state index in [0.29, 0.717) is 19.4 Å². The van der Waals surface area contributed by atoms with E-state index >= 15 is 0 Å². The number of rotatable bonds is 61. The third-order valence-corrected chi connectivity index (χ3v) is 15.1. The fraction of sp³-hybridized carbons (Fsp3) is 0.853. The Balaban J connectivity index is 3.40. The van der Waals surface area contributed by atoms with E-state index in [1.807, 2.05) is 6.08 Å². The number of aliphatic hydroxyl groups is 2. The first-order chi connectivity index (χ1) is 36.5. The lowest BCUT2D eigenvalue weighted by Gasteiger charge is -2.20. The molecule has 6 nitrogen and oxygen atoms in total. The van der Waals surface area contributed by atoms with Crippen LogP contribution in [-0.2, 0) is 14.3 Å². The van der Waals surface area contributed by atoms with Crippen molar-refractivity contribution in [3.05, 3.63) is 48.6 Å². The van der Waals surface area contributed by atoms with Crippen LogP contribution in [0.2, 0.25) is 0 Å². The number of amides is 1. The van der Waals surface area contributed by atoms with E-state index in [1.54, 1.807) is 6.08 Å². The zero-order valence-corrected chi connectivity index (χ0v) is 49.6. The maximum Gasteiger partial charge on any atom is 0.305 e. The van der Waals surface area contributed by atoms with Crippen molar-refractivity contribution in [2.45, 2.75) is 360 Å². The van der Waals surface area contributed by atoms with Crippen molar-refractivity contribution in [3.63, 3.8) is 0 Å². The van der Waals surface area contributed by atoms with Crippen LogP contribution in [0, 0.1) is 0 Å². The summed E-state index contributed by atoms with van der Waals surface area (Å²) in [4.78, 5) is 24.5. The minimum absolute atomic E-state index is 0.000609. The van der Waals surface area contributed by atoms with Gasteiger partial charge >= 0.3 is 5.97 Å². The van der Waals surface area contributed by atoms with Crippen molar-refractivity contribution >= 4 is 11.9 Å². The SMILES string of the molecule is CCCC/C=C\C/C=C\CCCCCCCC(=O)OCCCCCCCCCCCCCC/C=C\CCCCCCCCCCCCCCC(=O)NC(CO)C(O)/C=C/CCCCCCCCCCCCCCC. The molecule has 0 rings (SSSR count). The number of nitrogens with one attached hydrogen (secondary N) is 1. The number of esters is 1. The van der Waals surface area contributed by atoms with Gasteiger partial charge in [0.1, 0.15) is 0 Å². The monoisotopic (exact) mass is 1040 g/mol. The second-order valence-corrected chi connectivity index (χ2v) is 22.4. The van der Waals surface area contributed by atoms with Crippen LogP contribution in [0.5, 0.6) is 0 Å². The summed E-state index contributed by atoms with van der Waals surface area (Å²) in [7, 11) is 0. The summed E-state index contributed by atoms with van der Waals surface area (Å²) in [5, 5.41) is 23.1. The first-order valence-electron chi connectivity index (χ1n) is 32.9. The molecule has 74 heavy (non-hydrogen) atoms. The van der Waals surface area contributed by atoms with Crippen molar-refractivity contribution in [3.8, 4) is 0 Å². The maximum absolute atomic E-state index is 12.5. The van der Waals surface area contributed by atoms with Gasteiger partial charge in [0.05, 0.1) is 25.4 Å². The van der Waals surface area contributed by atoms with Gasteiger partial charge in [-0.1, -0.05) is 300 Å². The summed E-state index contributed by atoms with van der Waals surface area (Å²) in [5.74, 6) is -0.0662. The van der Waals surface area contributed by atoms with Crippen LogP contribution < -0.4 is 5.32 Å². The molecule has 2 unspecified atom stereocenters. The number of allylic oxidation sites excluding steroid dienone is 7. The Morgan fingerprint density at radius 1 is 0.378 bits per heavy atom. The maximum atomic E-state index is 12.5. The van der Waals surface area contributed by atoms with Crippen molar-refractivity contribution in [2.24, 2.45) is 0 Å². The second-order valence-electron chi connectivity index (χ2n) is 22.4. The summed E-state index contributed by atoms with van der Waals surface area (Å²) < 4.78 is 5.48. The van der Waals surface area contributed by atoms with Crippen LogP contribution >= 0.6 is 0 Å². The average Bonchev–Trinajstić information content (AvgIpc) is 3.40. The van der Waals surface area contributed by atoms with Gasteiger partial charge in [-0.15, -0.1) is 0 Å². The molecule has 3 N–H and O–H groups in total. The van der Waals surface area contributed by atoms with Gasteiger partial charge in [-0.3, -0.25) is 9.59 Å². The van der Waals surface area contributed by atoms with Gasteiger partial charge in [0.15, 0.2) is 0 Å². The Hall–Kier alpha value is -2.18. The van der Waals surface area contributed by atoms with Crippen molar-refractivity contribution in [2.75, 3.05) is 13.2 Å². The molecule has 0 aliphatic rings. The average molecular weight is 1040 g/mol. The molecule has 1 amide bonds. The molecule has 0 aliphatic heterocycles. The molecule has 0 aromatic carbocycles. The summed E-state index contributed by atoms with van der Waals surface area (Å²) in [6.45, 7) is 4.87. The minimum Gasteiger partial charge on any atom is -0.466 e. The number of ether oxygens (including phenoxy) is 1. The normalized spacial score (nSPS) is 12.9. The fourth-order valence-corrected chi connectivity index (χ4v) is 10.00. The van der Waals surface area contributed by atoms with Crippen LogP contribution in [0.4, 0.5) is 0 Å². The molecule has 2 atom stereocenters. The molecule has 6 heteroatoms.